The lowest BCUT2D eigenvalue weighted by atomic mass is 10.3. The normalized spacial score (nSPS) is 10.4. The van der Waals surface area contributed by atoms with Gasteiger partial charge in [0.25, 0.3) is 0 Å². The molecule has 1 N–H and O–H groups in total. The predicted molar refractivity (Wildman–Crippen MR) is 83.6 cm³/mol. The summed E-state index contributed by atoms with van der Waals surface area (Å²) in [5, 5.41) is 2.85. The number of aromatic nitrogens is 2. The highest BCUT2D eigenvalue weighted by molar-refractivity contribution is 9.10. The largest absolute Gasteiger partial charge is 0.325 e. The van der Waals surface area contributed by atoms with Gasteiger partial charge in [-0.25, -0.2) is 0 Å². The summed E-state index contributed by atoms with van der Waals surface area (Å²) in [7, 11) is 0. The van der Waals surface area contributed by atoms with Crippen molar-refractivity contribution in [3.8, 4) is 0 Å². The van der Waals surface area contributed by atoms with Gasteiger partial charge in [-0.05, 0) is 31.2 Å². The first-order valence-corrected chi connectivity index (χ1v) is 8.24. The molecule has 1 heterocycles. The van der Waals surface area contributed by atoms with E-state index in [1.54, 1.807) is 0 Å². The number of rotatable bonds is 5. The summed E-state index contributed by atoms with van der Waals surface area (Å²) in [6, 6.07) is 7.52. The molecule has 0 unspecified atom stereocenters. The minimum absolute atomic E-state index is 0.00633. The van der Waals surface area contributed by atoms with E-state index in [9.17, 15) is 4.79 Å². The third-order valence-electron chi connectivity index (χ3n) is 2.35. The summed E-state index contributed by atoms with van der Waals surface area (Å²) in [4.78, 5) is 11.7. The molecule has 1 amide bonds. The molecule has 0 radical (unpaired) electrons. The van der Waals surface area contributed by atoms with Crippen molar-refractivity contribution in [2.75, 3.05) is 11.1 Å². The zero-order valence-electron chi connectivity index (χ0n) is 10.2. The molecule has 2 rings (SSSR count). The highest BCUT2D eigenvalue weighted by Gasteiger charge is 2.06. The van der Waals surface area contributed by atoms with Crippen LogP contribution in [0.25, 0.3) is 0 Å². The van der Waals surface area contributed by atoms with Crippen LogP contribution in [0.15, 0.2) is 28.7 Å². The summed E-state index contributed by atoms with van der Waals surface area (Å²) in [6.45, 7) is 1.93. The van der Waals surface area contributed by atoms with Crippen LogP contribution in [0.2, 0.25) is 0 Å². The molecule has 0 bridgehead atoms. The number of carbonyl (C=O) groups excluding carboxylic acids is 1. The standard InChI is InChI=1S/C12H12BrN3OS2/c1-8-11(16-19-15-8)6-18-7-12(17)14-10-4-2-9(13)3-5-10/h2-5H,6-7H2,1H3,(H,14,17). The van der Waals surface area contributed by atoms with E-state index >= 15 is 0 Å². The lowest BCUT2D eigenvalue weighted by Gasteiger charge is -2.04. The van der Waals surface area contributed by atoms with E-state index in [-0.39, 0.29) is 5.91 Å². The minimum Gasteiger partial charge on any atom is -0.325 e. The Bertz CT molecular complexity index is 556. The zero-order chi connectivity index (χ0) is 13.7. The van der Waals surface area contributed by atoms with E-state index in [0.717, 1.165) is 27.3 Å². The molecule has 0 aliphatic rings. The predicted octanol–water partition coefficient (Wildman–Crippen LogP) is 3.48. The molecule has 0 fully saturated rings. The molecular formula is C12H12BrN3OS2. The van der Waals surface area contributed by atoms with E-state index in [4.69, 9.17) is 0 Å². The highest BCUT2D eigenvalue weighted by Crippen LogP contribution is 2.16. The molecule has 0 aliphatic heterocycles. The first-order chi connectivity index (χ1) is 9.15. The molecule has 100 valence electrons. The summed E-state index contributed by atoms with van der Waals surface area (Å²) in [5.41, 5.74) is 2.72. The number of anilines is 1. The van der Waals surface area contributed by atoms with Crippen LogP contribution in [-0.4, -0.2) is 20.4 Å². The van der Waals surface area contributed by atoms with E-state index in [2.05, 4.69) is 30.0 Å². The Morgan fingerprint density at radius 2 is 2.11 bits per heavy atom. The summed E-state index contributed by atoms with van der Waals surface area (Å²) >= 11 is 6.10. The van der Waals surface area contributed by atoms with Gasteiger partial charge in [-0.2, -0.15) is 8.75 Å². The second kappa shape index (κ2) is 7.02. The fourth-order valence-corrected chi connectivity index (χ4v) is 3.09. The van der Waals surface area contributed by atoms with Gasteiger partial charge in [-0.3, -0.25) is 4.79 Å². The van der Waals surface area contributed by atoms with Crippen LogP contribution in [0.4, 0.5) is 5.69 Å². The molecule has 1 aromatic heterocycles. The van der Waals surface area contributed by atoms with Crippen LogP contribution in [0.1, 0.15) is 11.4 Å². The number of aryl methyl sites for hydroxylation is 1. The zero-order valence-corrected chi connectivity index (χ0v) is 13.4. The minimum atomic E-state index is -0.00633. The summed E-state index contributed by atoms with van der Waals surface area (Å²) in [5.74, 6) is 1.12. The molecule has 1 aromatic carbocycles. The van der Waals surface area contributed by atoms with Gasteiger partial charge in [-0.15, -0.1) is 11.8 Å². The van der Waals surface area contributed by atoms with Gasteiger partial charge in [0.15, 0.2) is 0 Å². The average Bonchev–Trinajstić information content (AvgIpc) is 2.78. The maximum absolute atomic E-state index is 11.7. The summed E-state index contributed by atoms with van der Waals surface area (Å²) in [6.07, 6.45) is 0. The van der Waals surface area contributed by atoms with Crippen molar-refractivity contribution in [3.63, 3.8) is 0 Å². The van der Waals surface area contributed by atoms with Gasteiger partial charge in [0.1, 0.15) is 0 Å². The van der Waals surface area contributed by atoms with Crippen LogP contribution in [0.5, 0.6) is 0 Å². The number of carbonyl (C=O) groups is 1. The van der Waals surface area contributed by atoms with Crippen molar-refractivity contribution in [1.82, 2.24) is 8.75 Å². The fraction of sp³-hybridized carbons (Fsp3) is 0.250. The van der Waals surface area contributed by atoms with Crippen molar-refractivity contribution in [3.05, 3.63) is 40.1 Å². The second-order valence-electron chi connectivity index (χ2n) is 3.84. The molecule has 0 saturated heterocycles. The maximum Gasteiger partial charge on any atom is 0.234 e. The Morgan fingerprint density at radius 3 is 2.74 bits per heavy atom. The van der Waals surface area contributed by atoms with Gasteiger partial charge < -0.3 is 5.32 Å². The Kier molecular flexibility index (Phi) is 5.35. The van der Waals surface area contributed by atoms with Crippen molar-refractivity contribution >= 4 is 51.0 Å². The van der Waals surface area contributed by atoms with Crippen molar-refractivity contribution in [2.45, 2.75) is 12.7 Å². The van der Waals surface area contributed by atoms with Crippen LogP contribution in [-0.2, 0) is 10.5 Å². The van der Waals surface area contributed by atoms with Crippen LogP contribution in [0.3, 0.4) is 0 Å². The maximum atomic E-state index is 11.7. The topological polar surface area (TPSA) is 54.9 Å². The third kappa shape index (κ3) is 4.59. The van der Waals surface area contributed by atoms with E-state index in [1.807, 2.05) is 31.2 Å². The Morgan fingerprint density at radius 1 is 1.37 bits per heavy atom. The molecule has 7 heteroatoms. The number of nitrogens with one attached hydrogen (secondary N) is 1. The Labute approximate surface area is 128 Å². The quantitative estimate of drug-likeness (QED) is 0.889. The monoisotopic (exact) mass is 357 g/mol. The molecule has 0 atom stereocenters. The van der Waals surface area contributed by atoms with Crippen LogP contribution >= 0.6 is 39.4 Å². The van der Waals surface area contributed by atoms with Crippen LogP contribution in [0, 0.1) is 6.92 Å². The molecule has 0 aliphatic carbocycles. The third-order valence-corrected chi connectivity index (χ3v) is 4.48. The number of thioether (sulfide) groups is 1. The number of halogens is 1. The van der Waals surface area contributed by atoms with Gasteiger partial charge in [0, 0.05) is 15.9 Å². The van der Waals surface area contributed by atoms with Crippen LogP contribution < -0.4 is 5.32 Å². The average molecular weight is 358 g/mol. The van der Waals surface area contributed by atoms with Gasteiger partial charge >= 0.3 is 0 Å². The highest BCUT2D eigenvalue weighted by atomic mass is 79.9. The number of hydrogen-bond acceptors (Lipinski definition) is 5. The van der Waals surface area contributed by atoms with Gasteiger partial charge in [-0.1, -0.05) is 15.9 Å². The first kappa shape index (κ1) is 14.5. The SMILES string of the molecule is Cc1nsnc1CSCC(=O)Nc1ccc(Br)cc1. The molecule has 19 heavy (non-hydrogen) atoms. The Balaban J connectivity index is 1.76. The lowest BCUT2D eigenvalue weighted by Crippen LogP contribution is -2.14. The lowest BCUT2D eigenvalue weighted by molar-refractivity contribution is -0.113. The van der Waals surface area contributed by atoms with E-state index in [1.165, 1.54) is 23.5 Å². The first-order valence-electron chi connectivity index (χ1n) is 5.56. The molecular weight excluding hydrogens is 346 g/mol. The molecule has 2 aromatic rings. The van der Waals surface area contributed by atoms with Gasteiger partial charge in [0.05, 0.1) is 28.9 Å². The van der Waals surface area contributed by atoms with Crippen molar-refractivity contribution in [2.24, 2.45) is 0 Å². The smallest absolute Gasteiger partial charge is 0.234 e. The fourth-order valence-electron chi connectivity index (χ4n) is 1.35. The van der Waals surface area contributed by atoms with E-state index < -0.39 is 0 Å². The molecule has 0 saturated carbocycles. The molecule has 0 spiro atoms. The van der Waals surface area contributed by atoms with E-state index in [0.29, 0.717) is 5.75 Å². The van der Waals surface area contributed by atoms with Gasteiger partial charge in [0.2, 0.25) is 5.91 Å². The number of nitrogens with zero attached hydrogens (tertiary/aromatic N) is 2. The number of amides is 1. The Hall–Kier alpha value is -0.920. The summed E-state index contributed by atoms with van der Waals surface area (Å²) < 4.78 is 9.27. The van der Waals surface area contributed by atoms with Crippen molar-refractivity contribution in [1.29, 1.82) is 0 Å². The second-order valence-corrected chi connectivity index (χ2v) is 6.27. The number of hydrogen-bond donors (Lipinski definition) is 1. The number of benzene rings is 1. The van der Waals surface area contributed by atoms with Crippen molar-refractivity contribution < 1.29 is 4.79 Å². The molecule has 4 nitrogen and oxygen atoms in total.